The zero-order chi connectivity index (χ0) is 12.2. The molecule has 8 N–H and O–H groups in total. The summed E-state index contributed by atoms with van der Waals surface area (Å²) in [5.41, 5.74) is 3.96. The van der Waals surface area contributed by atoms with Crippen molar-refractivity contribution >= 4 is 12.1 Å². The third-order valence-electron chi connectivity index (χ3n) is 1.94. The molecule has 0 spiro atoms. The van der Waals surface area contributed by atoms with Crippen molar-refractivity contribution in [2.75, 3.05) is 13.1 Å². The van der Waals surface area contributed by atoms with Crippen LogP contribution in [-0.4, -0.2) is 25.2 Å². The van der Waals surface area contributed by atoms with E-state index in [0.29, 0.717) is 13.1 Å². The van der Waals surface area contributed by atoms with Gasteiger partial charge in [-0.15, -0.1) is 0 Å². The first-order valence-corrected chi connectivity index (χ1v) is 5.19. The fourth-order valence-corrected chi connectivity index (χ4v) is 1.11. The molecule has 0 aromatic heterocycles. The van der Waals surface area contributed by atoms with Crippen molar-refractivity contribution in [3.63, 3.8) is 0 Å². The number of hydrogen-bond donors (Lipinski definition) is 6. The summed E-state index contributed by atoms with van der Waals surface area (Å²) >= 11 is 0. The Hall–Kier alpha value is -1.54. The van der Waals surface area contributed by atoms with E-state index in [1.54, 1.807) is 0 Å². The number of carbonyl (C=O) groups is 2. The van der Waals surface area contributed by atoms with Crippen LogP contribution in [0, 0.1) is 0 Å². The molecule has 0 bridgehead atoms. The van der Waals surface area contributed by atoms with Gasteiger partial charge in [-0.2, -0.15) is 0 Å². The van der Waals surface area contributed by atoms with Crippen LogP contribution in [-0.2, 0) is 0 Å². The molecule has 0 fully saturated rings. The van der Waals surface area contributed by atoms with Crippen molar-refractivity contribution in [3.8, 4) is 0 Å². The number of hydrazine groups is 2. The standard InChI is InChI=1S/C8H20N6O2/c9-13-7(15)11-5-3-1-2-4-6-12-8(16)14-10/h1-6,9-10H2,(H2,11,13,15)(H2,12,14,16). The number of amides is 4. The number of nitrogens with one attached hydrogen (secondary N) is 4. The number of rotatable bonds is 7. The number of urea groups is 2. The van der Waals surface area contributed by atoms with Crippen LogP contribution < -0.4 is 33.2 Å². The van der Waals surface area contributed by atoms with E-state index in [1.807, 2.05) is 10.9 Å². The lowest BCUT2D eigenvalue weighted by atomic mass is 10.2. The van der Waals surface area contributed by atoms with E-state index in [1.165, 1.54) is 0 Å². The maximum Gasteiger partial charge on any atom is 0.328 e. The van der Waals surface area contributed by atoms with Crippen LogP contribution in [0.3, 0.4) is 0 Å². The summed E-state index contributed by atoms with van der Waals surface area (Å²) in [4.78, 5) is 21.3. The lowest BCUT2D eigenvalue weighted by Crippen LogP contribution is -2.40. The molecule has 0 saturated carbocycles. The third-order valence-corrected chi connectivity index (χ3v) is 1.94. The molecule has 0 saturated heterocycles. The summed E-state index contributed by atoms with van der Waals surface area (Å²) in [5.74, 6) is 9.75. The van der Waals surface area contributed by atoms with Crippen LogP contribution in [0.25, 0.3) is 0 Å². The van der Waals surface area contributed by atoms with Gasteiger partial charge >= 0.3 is 12.1 Å². The van der Waals surface area contributed by atoms with E-state index in [4.69, 9.17) is 11.7 Å². The number of hydrogen-bond acceptors (Lipinski definition) is 4. The second-order valence-corrected chi connectivity index (χ2v) is 3.21. The van der Waals surface area contributed by atoms with E-state index >= 15 is 0 Å². The highest BCUT2D eigenvalue weighted by molar-refractivity contribution is 5.73. The Morgan fingerprint density at radius 1 is 0.750 bits per heavy atom. The molecule has 0 aliphatic heterocycles. The maximum atomic E-state index is 10.6. The molecule has 0 radical (unpaired) electrons. The quantitative estimate of drug-likeness (QED) is 0.144. The minimum atomic E-state index is -0.374. The van der Waals surface area contributed by atoms with Gasteiger partial charge < -0.3 is 10.6 Å². The Labute approximate surface area is 94.4 Å². The summed E-state index contributed by atoms with van der Waals surface area (Å²) < 4.78 is 0. The average molecular weight is 232 g/mol. The summed E-state index contributed by atoms with van der Waals surface area (Å²) in [6.45, 7) is 1.19. The minimum Gasteiger partial charge on any atom is -0.337 e. The fourth-order valence-electron chi connectivity index (χ4n) is 1.11. The molecule has 8 heteroatoms. The number of unbranched alkanes of at least 4 members (excludes halogenated alkanes) is 3. The predicted molar refractivity (Wildman–Crippen MR) is 59.9 cm³/mol. The van der Waals surface area contributed by atoms with Gasteiger partial charge in [-0.1, -0.05) is 12.8 Å². The molecule has 0 heterocycles. The van der Waals surface area contributed by atoms with Crippen LogP contribution in [0.5, 0.6) is 0 Å². The maximum absolute atomic E-state index is 10.6. The SMILES string of the molecule is NNC(=O)NCCCCCCNC(=O)NN. The van der Waals surface area contributed by atoms with Gasteiger partial charge in [0.25, 0.3) is 0 Å². The second-order valence-electron chi connectivity index (χ2n) is 3.21. The smallest absolute Gasteiger partial charge is 0.328 e. The lowest BCUT2D eigenvalue weighted by Gasteiger charge is -2.05. The summed E-state index contributed by atoms with van der Waals surface area (Å²) in [5, 5.41) is 5.16. The molecule has 0 atom stereocenters. The van der Waals surface area contributed by atoms with Crippen molar-refractivity contribution < 1.29 is 9.59 Å². The Morgan fingerprint density at radius 2 is 1.12 bits per heavy atom. The highest BCUT2D eigenvalue weighted by atomic mass is 16.2. The average Bonchev–Trinajstić information content (AvgIpc) is 2.31. The first kappa shape index (κ1) is 14.5. The molecular formula is C8H20N6O2. The normalized spacial score (nSPS) is 9.38. The van der Waals surface area contributed by atoms with Gasteiger partial charge in [0.05, 0.1) is 0 Å². The summed E-state index contributed by atoms with van der Waals surface area (Å²) in [7, 11) is 0. The lowest BCUT2D eigenvalue weighted by molar-refractivity contribution is 0.239. The molecule has 94 valence electrons. The predicted octanol–water partition coefficient (Wildman–Crippen LogP) is -1.11. The molecule has 0 aliphatic carbocycles. The van der Waals surface area contributed by atoms with E-state index < -0.39 is 0 Å². The monoisotopic (exact) mass is 232 g/mol. The van der Waals surface area contributed by atoms with Crippen molar-refractivity contribution in [3.05, 3.63) is 0 Å². The molecule has 0 aromatic rings. The Kier molecular flexibility index (Phi) is 9.03. The summed E-state index contributed by atoms with van der Waals surface area (Å²) in [6.07, 6.45) is 3.74. The van der Waals surface area contributed by atoms with Crippen LogP contribution in [0.4, 0.5) is 9.59 Å². The van der Waals surface area contributed by atoms with Crippen LogP contribution in [0.15, 0.2) is 0 Å². The van der Waals surface area contributed by atoms with Crippen LogP contribution >= 0.6 is 0 Å². The number of carbonyl (C=O) groups excluding carboxylic acids is 2. The van der Waals surface area contributed by atoms with Crippen LogP contribution in [0.1, 0.15) is 25.7 Å². The highest BCUT2D eigenvalue weighted by Crippen LogP contribution is 1.97. The molecule has 0 aliphatic rings. The van der Waals surface area contributed by atoms with Crippen molar-refractivity contribution in [1.29, 1.82) is 0 Å². The molecule has 8 nitrogen and oxygen atoms in total. The van der Waals surface area contributed by atoms with Gasteiger partial charge in [0.2, 0.25) is 0 Å². The van der Waals surface area contributed by atoms with Crippen LogP contribution in [0.2, 0.25) is 0 Å². The Bertz CT molecular complexity index is 189. The Balaban J connectivity index is 3.10. The first-order chi connectivity index (χ1) is 7.70. The molecule has 16 heavy (non-hydrogen) atoms. The van der Waals surface area contributed by atoms with Gasteiger partial charge in [-0.25, -0.2) is 21.3 Å². The van der Waals surface area contributed by atoms with Crippen molar-refractivity contribution in [2.45, 2.75) is 25.7 Å². The molecular weight excluding hydrogens is 212 g/mol. The zero-order valence-corrected chi connectivity index (χ0v) is 9.21. The fraction of sp³-hybridized carbons (Fsp3) is 0.750. The minimum absolute atomic E-state index is 0.374. The molecule has 4 amide bonds. The van der Waals surface area contributed by atoms with Gasteiger partial charge in [0.15, 0.2) is 0 Å². The van der Waals surface area contributed by atoms with E-state index in [0.717, 1.165) is 25.7 Å². The van der Waals surface area contributed by atoms with Gasteiger partial charge in [-0.3, -0.25) is 10.9 Å². The van der Waals surface area contributed by atoms with Gasteiger partial charge in [0, 0.05) is 13.1 Å². The topological polar surface area (TPSA) is 134 Å². The first-order valence-electron chi connectivity index (χ1n) is 5.19. The highest BCUT2D eigenvalue weighted by Gasteiger charge is 1.96. The molecule has 0 rings (SSSR count). The summed E-state index contributed by atoms with van der Waals surface area (Å²) in [6, 6.07) is -0.748. The largest absolute Gasteiger partial charge is 0.337 e. The van der Waals surface area contributed by atoms with E-state index in [2.05, 4.69) is 10.6 Å². The molecule has 0 aromatic carbocycles. The second kappa shape index (κ2) is 9.99. The third kappa shape index (κ3) is 9.03. The number of nitrogens with two attached hydrogens (primary N) is 2. The van der Waals surface area contributed by atoms with Gasteiger partial charge in [0.1, 0.15) is 0 Å². The Morgan fingerprint density at radius 3 is 1.44 bits per heavy atom. The zero-order valence-electron chi connectivity index (χ0n) is 9.21. The molecule has 0 unspecified atom stereocenters. The van der Waals surface area contributed by atoms with E-state index in [-0.39, 0.29) is 12.1 Å². The van der Waals surface area contributed by atoms with Gasteiger partial charge in [-0.05, 0) is 12.8 Å². The van der Waals surface area contributed by atoms with Crippen molar-refractivity contribution in [2.24, 2.45) is 11.7 Å². The van der Waals surface area contributed by atoms with E-state index in [9.17, 15) is 9.59 Å². The van der Waals surface area contributed by atoms with Crippen molar-refractivity contribution in [1.82, 2.24) is 21.5 Å².